The van der Waals surface area contributed by atoms with E-state index in [1.54, 1.807) is 6.92 Å². The molecule has 0 amide bonds. The van der Waals surface area contributed by atoms with Crippen LogP contribution in [0.5, 0.6) is 0 Å². The highest BCUT2D eigenvalue weighted by molar-refractivity contribution is 5.91. The number of carbonyl (C=O) groups excluding carboxylic acids is 2. The molecule has 4 nitrogen and oxygen atoms in total. The van der Waals surface area contributed by atoms with Crippen LogP contribution in [0.2, 0.25) is 0 Å². The number of rotatable bonds is 3. The van der Waals surface area contributed by atoms with Gasteiger partial charge in [0.2, 0.25) is 0 Å². The Morgan fingerprint density at radius 2 is 1.92 bits per heavy atom. The summed E-state index contributed by atoms with van der Waals surface area (Å²) in [5.74, 6) is 1.27. The molecule has 0 spiro atoms. The zero-order valence-corrected chi connectivity index (χ0v) is 7.75. The lowest BCUT2D eigenvalue weighted by molar-refractivity contribution is -0.150. The highest BCUT2D eigenvalue weighted by atomic mass is 16.5. The van der Waals surface area contributed by atoms with Gasteiger partial charge in [0.25, 0.3) is 0 Å². The number of ether oxygens (including phenoxy) is 2. The topological polar surface area (TPSA) is 52.6 Å². The Morgan fingerprint density at radius 1 is 1.23 bits per heavy atom. The van der Waals surface area contributed by atoms with E-state index in [-0.39, 0.29) is 13.0 Å². The predicted octanol–water partition coefficient (Wildman–Crippen LogP) is 0.854. The summed E-state index contributed by atoms with van der Waals surface area (Å²) in [6, 6.07) is 0. The van der Waals surface area contributed by atoms with E-state index >= 15 is 0 Å². The molecule has 0 N–H and O–H groups in total. The van der Waals surface area contributed by atoms with Gasteiger partial charge < -0.3 is 9.47 Å². The molecule has 0 aliphatic carbocycles. The van der Waals surface area contributed by atoms with Crippen LogP contribution in [0.25, 0.3) is 0 Å². The van der Waals surface area contributed by atoms with Crippen molar-refractivity contribution in [1.29, 1.82) is 0 Å². The van der Waals surface area contributed by atoms with E-state index in [1.165, 1.54) is 0 Å². The summed E-state index contributed by atoms with van der Waals surface area (Å²) in [6.07, 6.45) is 2.40. The smallest absolute Gasteiger partial charge is 0.331 e. The standard InChI is InChI=1S/C9H12O4/c1-3-5-6-13-9(11)7-8(10)12-4-2/h3-4,7H2,1-2H3. The maximum absolute atomic E-state index is 10.8. The van der Waals surface area contributed by atoms with Crippen molar-refractivity contribution in [3.8, 4) is 12.0 Å². The second-order valence-electron chi connectivity index (χ2n) is 2.09. The molecular formula is C9H12O4. The molecule has 0 bridgehead atoms. The van der Waals surface area contributed by atoms with Crippen molar-refractivity contribution in [1.82, 2.24) is 0 Å². The molecule has 0 aromatic heterocycles. The first kappa shape index (κ1) is 11.5. The van der Waals surface area contributed by atoms with E-state index in [9.17, 15) is 9.59 Å². The SMILES string of the molecule is CCC#COC(=O)CC(=O)OCC. The van der Waals surface area contributed by atoms with Gasteiger partial charge in [-0.15, -0.1) is 0 Å². The van der Waals surface area contributed by atoms with Gasteiger partial charge in [0.1, 0.15) is 12.5 Å². The molecule has 0 aliphatic heterocycles. The Balaban J connectivity index is 3.68. The van der Waals surface area contributed by atoms with Gasteiger partial charge in [-0.3, -0.25) is 9.59 Å². The van der Waals surface area contributed by atoms with Crippen molar-refractivity contribution in [2.75, 3.05) is 6.61 Å². The molecule has 0 rings (SSSR count). The molecule has 0 fully saturated rings. The summed E-state index contributed by atoms with van der Waals surface area (Å²) in [7, 11) is 0. The zero-order valence-electron chi connectivity index (χ0n) is 7.75. The fraction of sp³-hybridized carbons (Fsp3) is 0.556. The highest BCUT2D eigenvalue weighted by Gasteiger charge is 2.10. The Labute approximate surface area is 77.2 Å². The maximum Gasteiger partial charge on any atom is 0.331 e. The summed E-state index contributed by atoms with van der Waals surface area (Å²) < 4.78 is 8.93. The average molecular weight is 184 g/mol. The summed E-state index contributed by atoms with van der Waals surface area (Å²) >= 11 is 0. The summed E-state index contributed by atoms with van der Waals surface area (Å²) in [5.41, 5.74) is 0. The van der Waals surface area contributed by atoms with Crippen LogP contribution in [0, 0.1) is 12.0 Å². The minimum absolute atomic E-state index is 0.257. The lowest BCUT2D eigenvalue weighted by Gasteiger charge is -1.97. The van der Waals surface area contributed by atoms with E-state index in [1.807, 2.05) is 6.92 Å². The van der Waals surface area contributed by atoms with E-state index in [0.717, 1.165) is 0 Å². The highest BCUT2D eigenvalue weighted by Crippen LogP contribution is 1.89. The van der Waals surface area contributed by atoms with Gasteiger partial charge in [-0.2, -0.15) is 0 Å². The quantitative estimate of drug-likeness (QED) is 0.370. The van der Waals surface area contributed by atoms with Crippen LogP contribution < -0.4 is 0 Å². The van der Waals surface area contributed by atoms with Crippen LogP contribution in [0.4, 0.5) is 0 Å². The lowest BCUT2D eigenvalue weighted by atomic mass is 10.4. The summed E-state index contributed by atoms with van der Waals surface area (Å²) in [5, 5.41) is 0. The number of esters is 2. The first-order valence-corrected chi connectivity index (χ1v) is 4.03. The fourth-order valence-electron chi connectivity index (χ4n) is 0.531. The Bertz CT molecular complexity index is 234. The van der Waals surface area contributed by atoms with E-state index in [2.05, 4.69) is 21.5 Å². The molecule has 0 atom stereocenters. The van der Waals surface area contributed by atoms with Crippen LogP contribution in [0.15, 0.2) is 0 Å². The number of carbonyl (C=O) groups is 2. The Kier molecular flexibility index (Phi) is 6.34. The molecular weight excluding hydrogens is 172 g/mol. The Hall–Kier alpha value is -1.50. The molecule has 0 unspecified atom stereocenters. The van der Waals surface area contributed by atoms with Crippen molar-refractivity contribution < 1.29 is 19.1 Å². The van der Waals surface area contributed by atoms with Crippen LogP contribution in [0.3, 0.4) is 0 Å². The first-order chi connectivity index (χ1) is 6.20. The largest absolute Gasteiger partial charge is 0.466 e. The Morgan fingerprint density at radius 3 is 2.46 bits per heavy atom. The lowest BCUT2D eigenvalue weighted by Crippen LogP contribution is -2.11. The van der Waals surface area contributed by atoms with Gasteiger partial charge in [-0.1, -0.05) is 12.8 Å². The van der Waals surface area contributed by atoms with Gasteiger partial charge in [-0.25, -0.2) is 0 Å². The summed E-state index contributed by atoms with van der Waals surface area (Å²) in [6.45, 7) is 3.75. The van der Waals surface area contributed by atoms with Crippen molar-refractivity contribution >= 4 is 11.9 Å². The molecule has 13 heavy (non-hydrogen) atoms. The molecule has 0 aromatic rings. The van der Waals surface area contributed by atoms with Crippen molar-refractivity contribution in [2.45, 2.75) is 26.7 Å². The third kappa shape index (κ3) is 6.88. The van der Waals surface area contributed by atoms with Crippen LogP contribution >= 0.6 is 0 Å². The zero-order chi connectivity index (χ0) is 10.1. The van der Waals surface area contributed by atoms with E-state index < -0.39 is 11.9 Å². The molecule has 72 valence electrons. The molecule has 4 heteroatoms. The monoisotopic (exact) mass is 184 g/mol. The first-order valence-electron chi connectivity index (χ1n) is 4.03. The normalized spacial score (nSPS) is 8.15. The van der Waals surface area contributed by atoms with Gasteiger partial charge in [-0.05, 0) is 6.92 Å². The molecule has 0 aliphatic rings. The van der Waals surface area contributed by atoms with E-state index in [0.29, 0.717) is 6.42 Å². The molecule has 0 saturated carbocycles. The van der Waals surface area contributed by atoms with Gasteiger partial charge >= 0.3 is 11.9 Å². The van der Waals surface area contributed by atoms with Gasteiger partial charge in [0, 0.05) is 6.42 Å². The fourth-order valence-corrected chi connectivity index (χ4v) is 0.531. The number of hydrogen-bond acceptors (Lipinski definition) is 4. The molecule has 0 heterocycles. The second kappa shape index (κ2) is 7.17. The van der Waals surface area contributed by atoms with Crippen LogP contribution in [-0.4, -0.2) is 18.5 Å². The van der Waals surface area contributed by atoms with Crippen LogP contribution in [0.1, 0.15) is 26.7 Å². The van der Waals surface area contributed by atoms with Gasteiger partial charge in [0.05, 0.1) is 6.61 Å². The van der Waals surface area contributed by atoms with E-state index in [4.69, 9.17) is 0 Å². The third-order valence-electron chi connectivity index (χ3n) is 1.01. The third-order valence-corrected chi connectivity index (χ3v) is 1.01. The maximum atomic E-state index is 10.8. The van der Waals surface area contributed by atoms with Crippen molar-refractivity contribution in [2.24, 2.45) is 0 Å². The van der Waals surface area contributed by atoms with Crippen molar-refractivity contribution in [3.05, 3.63) is 0 Å². The van der Waals surface area contributed by atoms with Crippen LogP contribution in [-0.2, 0) is 19.1 Å². The average Bonchev–Trinajstić information content (AvgIpc) is 2.05. The molecule has 0 saturated heterocycles. The van der Waals surface area contributed by atoms with Gasteiger partial charge in [0.15, 0.2) is 0 Å². The minimum atomic E-state index is -0.681. The second-order valence-corrected chi connectivity index (χ2v) is 2.09. The van der Waals surface area contributed by atoms with Crippen molar-refractivity contribution in [3.63, 3.8) is 0 Å². The number of hydrogen-bond donors (Lipinski definition) is 0. The predicted molar refractivity (Wildman–Crippen MR) is 45.4 cm³/mol. The minimum Gasteiger partial charge on any atom is -0.466 e. The molecule has 0 aromatic carbocycles. The molecule has 0 radical (unpaired) electrons. The summed E-state index contributed by atoms with van der Waals surface area (Å²) in [4.78, 5) is 21.5.